The van der Waals surface area contributed by atoms with Gasteiger partial charge in [0.25, 0.3) is 0 Å². The van der Waals surface area contributed by atoms with Gasteiger partial charge in [-0.1, -0.05) is 6.92 Å². The fraction of sp³-hybridized carbons (Fsp3) is 0.769. The maximum absolute atomic E-state index is 5.46. The predicted octanol–water partition coefficient (Wildman–Crippen LogP) is 2.12. The zero-order valence-electron chi connectivity index (χ0n) is 10.9. The third-order valence-electron chi connectivity index (χ3n) is 3.54. The number of hydrogen-bond donors (Lipinski definition) is 1. The number of nitrogens with zero attached hydrogens (tertiary/aromatic N) is 2. The molecule has 1 aliphatic rings. The Morgan fingerprint density at radius 3 is 3.18 bits per heavy atom. The van der Waals surface area contributed by atoms with Crippen molar-refractivity contribution in [2.45, 2.75) is 51.3 Å². The van der Waals surface area contributed by atoms with E-state index in [2.05, 4.69) is 28.2 Å². The minimum absolute atomic E-state index is 0.412. The van der Waals surface area contributed by atoms with Crippen LogP contribution in [0.1, 0.15) is 44.2 Å². The van der Waals surface area contributed by atoms with E-state index in [1.807, 2.05) is 13.3 Å². The maximum atomic E-state index is 5.46. The molecule has 0 aromatic carbocycles. The van der Waals surface area contributed by atoms with Gasteiger partial charge in [-0.2, -0.15) is 5.10 Å². The fourth-order valence-electron chi connectivity index (χ4n) is 2.51. The fourth-order valence-corrected chi connectivity index (χ4v) is 2.51. The van der Waals surface area contributed by atoms with Crippen LogP contribution in [-0.4, -0.2) is 29.5 Å². The zero-order chi connectivity index (χ0) is 12.1. The van der Waals surface area contributed by atoms with E-state index in [9.17, 15) is 0 Å². The molecule has 0 radical (unpaired) electrons. The third kappa shape index (κ3) is 3.30. The Balaban J connectivity index is 1.94. The normalized spacial score (nSPS) is 25.1. The van der Waals surface area contributed by atoms with Crippen LogP contribution in [0.3, 0.4) is 0 Å². The molecule has 1 N–H and O–H groups in total. The zero-order valence-corrected chi connectivity index (χ0v) is 10.9. The minimum Gasteiger partial charge on any atom is -0.381 e. The van der Waals surface area contributed by atoms with Gasteiger partial charge in [-0.05, 0) is 32.2 Å². The lowest BCUT2D eigenvalue weighted by Crippen LogP contribution is -2.24. The summed E-state index contributed by atoms with van der Waals surface area (Å²) in [6.07, 6.45) is 9.31. The molecule has 2 unspecified atom stereocenters. The molecule has 1 heterocycles. The lowest BCUT2D eigenvalue weighted by atomic mass is 9.93. The summed E-state index contributed by atoms with van der Waals surface area (Å²) in [7, 11) is 1.81. The van der Waals surface area contributed by atoms with Crippen molar-refractivity contribution in [3.63, 3.8) is 0 Å². The molecule has 96 valence electrons. The van der Waals surface area contributed by atoms with Crippen LogP contribution in [0.2, 0.25) is 0 Å². The number of rotatable bonds is 5. The summed E-state index contributed by atoms with van der Waals surface area (Å²) < 4.78 is 7.58. The van der Waals surface area contributed by atoms with Crippen LogP contribution in [0.25, 0.3) is 0 Å². The highest BCUT2D eigenvalue weighted by Gasteiger charge is 2.23. The first-order chi connectivity index (χ1) is 8.33. The molecule has 0 bridgehead atoms. The maximum Gasteiger partial charge on any atom is 0.0591 e. The molecule has 0 spiro atoms. The second-order valence-corrected chi connectivity index (χ2v) is 4.79. The number of hydrogen-bond acceptors (Lipinski definition) is 3. The number of aromatic nitrogens is 2. The highest BCUT2D eigenvalue weighted by Crippen LogP contribution is 2.29. The Morgan fingerprint density at radius 1 is 1.53 bits per heavy atom. The topological polar surface area (TPSA) is 39.1 Å². The quantitative estimate of drug-likeness (QED) is 0.852. The molecule has 1 aromatic rings. The van der Waals surface area contributed by atoms with Crippen LogP contribution in [0.4, 0.5) is 0 Å². The van der Waals surface area contributed by atoms with Crippen LogP contribution in [0, 0.1) is 0 Å². The van der Waals surface area contributed by atoms with Gasteiger partial charge in [0, 0.05) is 25.4 Å². The first kappa shape index (κ1) is 12.6. The molecular weight excluding hydrogens is 214 g/mol. The molecule has 1 saturated carbocycles. The van der Waals surface area contributed by atoms with Crippen LogP contribution >= 0.6 is 0 Å². The van der Waals surface area contributed by atoms with E-state index in [4.69, 9.17) is 4.74 Å². The van der Waals surface area contributed by atoms with E-state index < -0.39 is 0 Å². The first-order valence-electron chi connectivity index (χ1n) is 6.60. The summed E-state index contributed by atoms with van der Waals surface area (Å²) in [5, 5.41) is 7.81. The molecule has 2 rings (SSSR count). The van der Waals surface area contributed by atoms with Gasteiger partial charge >= 0.3 is 0 Å². The summed E-state index contributed by atoms with van der Waals surface area (Å²) in [6.45, 7) is 4.03. The Morgan fingerprint density at radius 2 is 2.41 bits per heavy atom. The monoisotopic (exact) mass is 237 g/mol. The van der Waals surface area contributed by atoms with E-state index in [0.29, 0.717) is 12.1 Å². The van der Waals surface area contributed by atoms with Gasteiger partial charge in [0.2, 0.25) is 0 Å². The summed E-state index contributed by atoms with van der Waals surface area (Å²) in [5.41, 5.74) is 1.27. The summed E-state index contributed by atoms with van der Waals surface area (Å²) in [4.78, 5) is 0. The lowest BCUT2D eigenvalue weighted by Gasteiger charge is -2.28. The highest BCUT2D eigenvalue weighted by atomic mass is 16.5. The van der Waals surface area contributed by atoms with Gasteiger partial charge in [0.1, 0.15) is 0 Å². The van der Waals surface area contributed by atoms with Crippen LogP contribution in [-0.2, 0) is 11.3 Å². The first-order valence-corrected chi connectivity index (χ1v) is 6.60. The van der Waals surface area contributed by atoms with E-state index >= 15 is 0 Å². The second-order valence-electron chi connectivity index (χ2n) is 4.79. The molecule has 17 heavy (non-hydrogen) atoms. The molecular formula is C13H23N3O. The predicted molar refractivity (Wildman–Crippen MR) is 67.9 cm³/mol. The number of nitrogens with one attached hydrogen (secondary N) is 1. The summed E-state index contributed by atoms with van der Waals surface area (Å²) >= 11 is 0. The van der Waals surface area contributed by atoms with Crippen molar-refractivity contribution in [1.29, 1.82) is 0 Å². The van der Waals surface area contributed by atoms with Gasteiger partial charge < -0.3 is 10.1 Å². The molecule has 0 amide bonds. The van der Waals surface area contributed by atoms with Crippen molar-refractivity contribution in [2.24, 2.45) is 0 Å². The van der Waals surface area contributed by atoms with Crippen molar-refractivity contribution >= 4 is 0 Å². The Labute approximate surface area is 103 Å². The summed E-state index contributed by atoms with van der Waals surface area (Å²) in [6, 6.07) is 0.518. The van der Waals surface area contributed by atoms with Crippen LogP contribution < -0.4 is 5.32 Å². The molecule has 4 heteroatoms. The average molecular weight is 237 g/mol. The molecule has 2 atom stereocenters. The largest absolute Gasteiger partial charge is 0.381 e. The standard InChI is InChI=1S/C13H23N3O/c1-3-14-8-11-9-15-16(10-11)12-5-4-6-13(7-12)17-2/h9-10,12-14H,3-8H2,1-2H3. The van der Waals surface area contributed by atoms with Crippen molar-refractivity contribution in [3.8, 4) is 0 Å². The highest BCUT2D eigenvalue weighted by molar-refractivity contribution is 5.04. The van der Waals surface area contributed by atoms with Crippen molar-refractivity contribution < 1.29 is 4.74 Å². The van der Waals surface area contributed by atoms with Crippen molar-refractivity contribution in [1.82, 2.24) is 15.1 Å². The van der Waals surface area contributed by atoms with Gasteiger partial charge in [-0.15, -0.1) is 0 Å². The van der Waals surface area contributed by atoms with Gasteiger partial charge in [0.15, 0.2) is 0 Å². The van der Waals surface area contributed by atoms with E-state index in [0.717, 1.165) is 19.5 Å². The van der Waals surface area contributed by atoms with Gasteiger partial charge in [-0.3, -0.25) is 4.68 Å². The Bertz CT molecular complexity index is 337. The van der Waals surface area contributed by atoms with Crippen molar-refractivity contribution in [2.75, 3.05) is 13.7 Å². The van der Waals surface area contributed by atoms with Crippen LogP contribution in [0.5, 0.6) is 0 Å². The third-order valence-corrected chi connectivity index (χ3v) is 3.54. The summed E-state index contributed by atoms with van der Waals surface area (Å²) in [5.74, 6) is 0. The second kappa shape index (κ2) is 6.17. The molecule has 4 nitrogen and oxygen atoms in total. The lowest BCUT2D eigenvalue weighted by molar-refractivity contribution is 0.0508. The molecule has 1 aromatic heterocycles. The van der Waals surface area contributed by atoms with E-state index in [1.54, 1.807) is 0 Å². The minimum atomic E-state index is 0.412. The Kier molecular flexibility index (Phi) is 4.57. The van der Waals surface area contributed by atoms with Crippen molar-refractivity contribution in [3.05, 3.63) is 18.0 Å². The molecule has 0 aliphatic heterocycles. The van der Waals surface area contributed by atoms with Gasteiger partial charge in [0.05, 0.1) is 18.3 Å². The Hall–Kier alpha value is -0.870. The van der Waals surface area contributed by atoms with Gasteiger partial charge in [-0.25, -0.2) is 0 Å². The number of methoxy groups -OCH3 is 1. The smallest absolute Gasteiger partial charge is 0.0591 e. The number of ether oxygens (including phenoxy) is 1. The van der Waals surface area contributed by atoms with E-state index in [-0.39, 0.29) is 0 Å². The molecule has 1 aliphatic carbocycles. The van der Waals surface area contributed by atoms with Crippen LogP contribution in [0.15, 0.2) is 12.4 Å². The molecule has 0 saturated heterocycles. The average Bonchev–Trinajstić information content (AvgIpc) is 2.85. The molecule has 1 fully saturated rings. The van der Waals surface area contributed by atoms with E-state index in [1.165, 1.54) is 24.8 Å². The SMILES string of the molecule is CCNCc1cnn(C2CCCC(OC)C2)c1.